The van der Waals surface area contributed by atoms with Gasteiger partial charge in [-0.15, -0.1) is 0 Å². The predicted octanol–water partition coefficient (Wildman–Crippen LogP) is 20.0. The van der Waals surface area contributed by atoms with Crippen LogP contribution >= 0.6 is 16.5 Å². The molecule has 0 N–H and O–H groups in total. The molecule has 2 radical (unpaired) electrons. The van der Waals surface area contributed by atoms with Crippen molar-refractivity contribution in [1.29, 1.82) is 0 Å². The smallest absolute Gasteiger partial charge is 0.0242 e. The van der Waals surface area contributed by atoms with E-state index in [0.29, 0.717) is 0 Å². The summed E-state index contributed by atoms with van der Waals surface area (Å²) >= 11 is 0. The largest absolute Gasteiger partial charge is 0.0654 e. The molecular formula is C48H98P2. The monoisotopic (exact) mass is 737 g/mol. The molecule has 0 saturated heterocycles. The van der Waals surface area contributed by atoms with Gasteiger partial charge in [-0.25, -0.2) is 0 Å². The van der Waals surface area contributed by atoms with E-state index in [1.165, 1.54) is 295 Å². The summed E-state index contributed by atoms with van der Waals surface area (Å²) in [5.74, 6) is 0. The summed E-state index contributed by atoms with van der Waals surface area (Å²) in [7, 11) is 3.43. The molecule has 0 aromatic rings. The molecule has 0 bridgehead atoms. The van der Waals surface area contributed by atoms with E-state index >= 15 is 0 Å². The third kappa shape index (κ3) is 48.9. The minimum absolute atomic E-state index is 1.37. The Bertz CT molecular complexity index is 500. The Hall–Kier alpha value is 0.860. The van der Waals surface area contributed by atoms with Crippen LogP contribution in [0.4, 0.5) is 0 Å². The molecule has 0 rings (SSSR count). The second-order valence-corrected chi connectivity index (χ2v) is 19.7. The molecule has 0 aliphatic rings. The third-order valence-corrected chi connectivity index (χ3v) is 14.4. The first-order chi connectivity index (χ1) is 24.9. The number of unbranched alkanes of at least 4 members (excludes halogenated alkanes) is 42. The van der Waals surface area contributed by atoms with Crippen LogP contribution in [0.3, 0.4) is 0 Å². The van der Waals surface area contributed by atoms with Gasteiger partial charge in [0.05, 0.1) is 0 Å². The maximum Gasteiger partial charge on any atom is -0.0242 e. The Balaban J connectivity index is 3.04. The molecule has 0 amide bonds. The molecular weight excluding hydrogens is 638 g/mol. The molecule has 300 valence electrons. The highest BCUT2D eigenvalue weighted by atomic mass is 32.0. The molecule has 0 unspecified atom stereocenters. The van der Waals surface area contributed by atoms with Gasteiger partial charge in [0.25, 0.3) is 0 Å². The van der Waals surface area contributed by atoms with Crippen LogP contribution in [0.5, 0.6) is 0 Å². The molecule has 2 heteroatoms. The quantitative estimate of drug-likeness (QED) is 0.0431. The molecule has 0 nitrogen and oxygen atoms in total. The van der Waals surface area contributed by atoms with E-state index in [0.717, 1.165) is 0 Å². The Kier molecular flexibility index (Phi) is 50.7. The van der Waals surface area contributed by atoms with Crippen molar-refractivity contribution in [3.8, 4) is 0 Å². The topological polar surface area (TPSA) is 0 Å². The number of hydrogen-bond acceptors (Lipinski definition) is 0. The lowest BCUT2D eigenvalue weighted by molar-refractivity contribution is 0.520. The van der Waals surface area contributed by atoms with Gasteiger partial charge in [-0.2, -0.15) is 0 Å². The van der Waals surface area contributed by atoms with Gasteiger partial charge in [-0.05, 0) is 41.7 Å². The maximum atomic E-state index is 2.31. The van der Waals surface area contributed by atoms with Crippen molar-refractivity contribution in [3.63, 3.8) is 0 Å². The average molecular weight is 737 g/mol. The van der Waals surface area contributed by atoms with Gasteiger partial charge in [0.15, 0.2) is 0 Å². The van der Waals surface area contributed by atoms with Crippen molar-refractivity contribution in [2.75, 3.05) is 12.3 Å². The molecule has 0 atom stereocenters. The molecule has 0 heterocycles. The van der Waals surface area contributed by atoms with Crippen molar-refractivity contribution in [2.45, 2.75) is 296 Å². The molecule has 0 aliphatic heterocycles. The van der Waals surface area contributed by atoms with Crippen molar-refractivity contribution in [2.24, 2.45) is 0 Å². The van der Waals surface area contributed by atoms with Crippen LogP contribution in [0.2, 0.25) is 0 Å². The second kappa shape index (κ2) is 49.9. The predicted molar refractivity (Wildman–Crippen MR) is 238 cm³/mol. The minimum atomic E-state index is 1.37. The van der Waals surface area contributed by atoms with E-state index in [2.05, 4.69) is 13.8 Å². The Morgan fingerprint density at radius 3 is 0.420 bits per heavy atom. The van der Waals surface area contributed by atoms with E-state index in [9.17, 15) is 0 Å². The van der Waals surface area contributed by atoms with Crippen LogP contribution < -0.4 is 0 Å². The van der Waals surface area contributed by atoms with E-state index in [1.54, 1.807) is 16.5 Å². The van der Waals surface area contributed by atoms with Crippen molar-refractivity contribution < 1.29 is 0 Å². The highest BCUT2D eigenvalue weighted by Crippen LogP contribution is 2.38. The van der Waals surface area contributed by atoms with Crippen LogP contribution in [0, 0.1) is 0 Å². The molecule has 0 aromatic heterocycles. The van der Waals surface area contributed by atoms with E-state index in [4.69, 9.17) is 0 Å². The Morgan fingerprint density at radius 2 is 0.280 bits per heavy atom. The number of hydrogen-bond donors (Lipinski definition) is 0. The fraction of sp³-hybridized carbons (Fsp3) is 1.00. The summed E-state index contributed by atoms with van der Waals surface area (Å²) < 4.78 is 0. The highest BCUT2D eigenvalue weighted by molar-refractivity contribution is 8.11. The van der Waals surface area contributed by atoms with Crippen LogP contribution in [0.25, 0.3) is 0 Å². The van der Waals surface area contributed by atoms with Gasteiger partial charge in [0, 0.05) is 0 Å². The normalized spacial score (nSPS) is 12.1. The zero-order valence-electron chi connectivity index (χ0n) is 35.4. The van der Waals surface area contributed by atoms with E-state index < -0.39 is 0 Å². The number of rotatable bonds is 47. The molecule has 0 aliphatic carbocycles. The van der Waals surface area contributed by atoms with Gasteiger partial charge in [0.2, 0.25) is 0 Å². The molecule has 0 aromatic carbocycles. The zero-order valence-corrected chi connectivity index (χ0v) is 37.2. The summed E-state index contributed by atoms with van der Waals surface area (Å²) in [6.07, 6.45) is 68.2. The van der Waals surface area contributed by atoms with Crippen molar-refractivity contribution >= 4 is 16.5 Å². The van der Waals surface area contributed by atoms with Crippen molar-refractivity contribution in [1.82, 2.24) is 0 Å². The lowest BCUT2D eigenvalue weighted by atomic mass is 10.0. The average Bonchev–Trinajstić information content (AvgIpc) is 3.13. The van der Waals surface area contributed by atoms with Gasteiger partial charge in [-0.3, -0.25) is 0 Å². The summed E-state index contributed by atoms with van der Waals surface area (Å²) in [6.45, 7) is 4.62. The summed E-state index contributed by atoms with van der Waals surface area (Å²) in [5.41, 5.74) is 0. The van der Waals surface area contributed by atoms with Crippen LogP contribution in [0.1, 0.15) is 296 Å². The first-order valence-electron chi connectivity index (χ1n) is 24.2. The fourth-order valence-electron chi connectivity index (χ4n) is 7.72. The fourth-order valence-corrected chi connectivity index (χ4v) is 10.4. The molecule has 0 spiro atoms. The minimum Gasteiger partial charge on any atom is -0.0654 e. The Morgan fingerprint density at radius 1 is 0.160 bits per heavy atom. The van der Waals surface area contributed by atoms with Gasteiger partial charge >= 0.3 is 0 Å². The van der Waals surface area contributed by atoms with Gasteiger partial charge in [0.1, 0.15) is 0 Å². The van der Waals surface area contributed by atoms with Crippen molar-refractivity contribution in [3.05, 3.63) is 0 Å². The highest BCUT2D eigenvalue weighted by Gasteiger charge is 1.99. The third-order valence-electron chi connectivity index (χ3n) is 11.3. The van der Waals surface area contributed by atoms with Gasteiger partial charge in [-0.1, -0.05) is 284 Å². The lowest BCUT2D eigenvalue weighted by Crippen LogP contribution is -1.85. The first-order valence-corrected chi connectivity index (χ1v) is 27.1. The molecule has 50 heavy (non-hydrogen) atoms. The van der Waals surface area contributed by atoms with Crippen LogP contribution in [-0.2, 0) is 0 Å². The zero-order chi connectivity index (χ0) is 35.9. The summed E-state index contributed by atoms with van der Waals surface area (Å²) in [4.78, 5) is 0. The van der Waals surface area contributed by atoms with E-state index in [1.807, 2.05) is 0 Å². The van der Waals surface area contributed by atoms with Crippen LogP contribution in [-0.4, -0.2) is 12.3 Å². The maximum absolute atomic E-state index is 2.31. The molecule has 0 saturated carbocycles. The Labute approximate surface area is 324 Å². The summed E-state index contributed by atoms with van der Waals surface area (Å²) in [6, 6.07) is 0. The van der Waals surface area contributed by atoms with E-state index in [-0.39, 0.29) is 0 Å². The standard InChI is InChI=1S/C48H98P2/c1-3-5-7-9-11-13-15-17-19-21-23-25-27-29-31-33-35-37-39-41-43-45-47-49-50-48-46-44-42-40-38-36-34-32-30-28-26-24-22-20-18-16-14-12-10-8-6-4-2/h3-48H2,1-2H3. The lowest BCUT2D eigenvalue weighted by Gasteiger charge is -2.05. The van der Waals surface area contributed by atoms with Crippen LogP contribution in [0.15, 0.2) is 0 Å². The first kappa shape index (κ1) is 50.9. The SMILES string of the molecule is CCCCCCCCCCCCCCCCCCCCCCCC[P][P]CCCCCCCCCCCCCCCCCCCCCCCC. The van der Waals surface area contributed by atoms with Gasteiger partial charge < -0.3 is 0 Å². The molecule has 0 fully saturated rings. The second-order valence-electron chi connectivity index (χ2n) is 16.6. The summed E-state index contributed by atoms with van der Waals surface area (Å²) in [5, 5.41) is 0.